The fourth-order valence-electron chi connectivity index (χ4n) is 5.37. The summed E-state index contributed by atoms with van der Waals surface area (Å²) in [5, 5.41) is 18.7. The zero-order valence-electron chi connectivity index (χ0n) is 20.0. The van der Waals surface area contributed by atoms with Gasteiger partial charge in [0.1, 0.15) is 5.82 Å². The van der Waals surface area contributed by atoms with Gasteiger partial charge < -0.3 is 10.2 Å². The summed E-state index contributed by atoms with van der Waals surface area (Å²) in [6, 6.07) is 4.93. The number of aromatic nitrogens is 4. The van der Waals surface area contributed by atoms with Gasteiger partial charge in [0.2, 0.25) is 5.91 Å². The number of nitrogens with zero attached hydrogens (tertiary/aromatic N) is 4. The van der Waals surface area contributed by atoms with E-state index in [0.717, 1.165) is 54.7 Å². The molecule has 1 atom stereocenters. The number of amides is 1. The van der Waals surface area contributed by atoms with Crippen LogP contribution in [-0.2, 0) is 16.6 Å². The minimum absolute atomic E-state index is 0.0685. The van der Waals surface area contributed by atoms with E-state index in [-0.39, 0.29) is 11.7 Å². The van der Waals surface area contributed by atoms with E-state index in [9.17, 15) is 9.18 Å². The second-order valence-electron chi connectivity index (χ2n) is 9.02. The Bertz CT molecular complexity index is 1100. The quantitative estimate of drug-likeness (QED) is 0.460. The molecule has 1 aromatic carbocycles. The lowest BCUT2D eigenvalue weighted by Gasteiger charge is -2.34. The molecule has 1 aliphatic heterocycles. The van der Waals surface area contributed by atoms with Crippen LogP contribution in [0.3, 0.4) is 0 Å². The molecule has 4 rings (SSSR count). The molecule has 1 unspecified atom stereocenters. The number of carbonyl (C=O) groups excluding carboxylic acids is 1. The van der Waals surface area contributed by atoms with Crippen LogP contribution in [-0.4, -0.2) is 57.6 Å². The molecule has 1 saturated heterocycles. The van der Waals surface area contributed by atoms with Crippen molar-refractivity contribution in [1.29, 1.82) is 0 Å². The Morgan fingerprint density at radius 2 is 2.12 bits per heavy atom. The van der Waals surface area contributed by atoms with Crippen molar-refractivity contribution in [3.63, 3.8) is 0 Å². The number of tetrazole rings is 1. The molecule has 2 aliphatic rings. The second-order valence-corrected chi connectivity index (χ2v) is 9.02. The molecule has 1 fully saturated rings. The summed E-state index contributed by atoms with van der Waals surface area (Å²) in [6.07, 6.45) is 7.86. The van der Waals surface area contributed by atoms with Crippen LogP contribution in [0.25, 0.3) is 0 Å². The summed E-state index contributed by atoms with van der Waals surface area (Å²) in [7, 11) is 0. The number of hydrogen-bond donors (Lipinski definition) is 2. The maximum atomic E-state index is 14.3. The predicted molar refractivity (Wildman–Crippen MR) is 130 cm³/mol. The Labute approximate surface area is 200 Å². The molecule has 1 amide bonds. The smallest absolute Gasteiger partial charge is 0.249 e. The number of halogens is 1. The van der Waals surface area contributed by atoms with Crippen LogP contribution in [0.15, 0.2) is 53.6 Å². The SMILES string of the molecule is C=CC1=C(/C=C(\C)C(=O)N2CCCC2)CCc2cc(F)ccc2C1(CCNCC)c1nn[nH]n1. The highest BCUT2D eigenvalue weighted by atomic mass is 19.1. The molecule has 2 aromatic rings. The summed E-state index contributed by atoms with van der Waals surface area (Å²) in [6.45, 7) is 11.2. The third-order valence-corrected chi connectivity index (χ3v) is 6.98. The summed E-state index contributed by atoms with van der Waals surface area (Å²) < 4.78 is 14.3. The maximum absolute atomic E-state index is 14.3. The van der Waals surface area contributed by atoms with E-state index in [1.165, 1.54) is 6.07 Å². The van der Waals surface area contributed by atoms with Crippen molar-refractivity contribution in [3.8, 4) is 0 Å². The number of carbonyl (C=O) groups is 1. The molecule has 1 aromatic heterocycles. The Balaban J connectivity index is 1.91. The minimum Gasteiger partial charge on any atom is -0.339 e. The molecule has 7 nitrogen and oxygen atoms in total. The summed E-state index contributed by atoms with van der Waals surface area (Å²) in [5.74, 6) is 0.315. The molecular weight excluding hydrogens is 431 g/mol. The van der Waals surface area contributed by atoms with Gasteiger partial charge in [0.25, 0.3) is 0 Å². The van der Waals surface area contributed by atoms with Gasteiger partial charge in [-0.1, -0.05) is 36.9 Å². The van der Waals surface area contributed by atoms with Crippen molar-refractivity contribution in [1.82, 2.24) is 30.8 Å². The number of benzene rings is 1. The first-order valence-electron chi connectivity index (χ1n) is 12.1. The second kappa shape index (κ2) is 10.4. The lowest BCUT2D eigenvalue weighted by atomic mass is 9.68. The number of aryl methyl sites for hydroxylation is 1. The molecule has 180 valence electrons. The lowest BCUT2D eigenvalue weighted by Crippen LogP contribution is -2.36. The van der Waals surface area contributed by atoms with Crippen molar-refractivity contribution < 1.29 is 9.18 Å². The largest absolute Gasteiger partial charge is 0.339 e. The fraction of sp³-hybridized carbons (Fsp3) is 0.462. The summed E-state index contributed by atoms with van der Waals surface area (Å²) >= 11 is 0. The number of nitrogens with one attached hydrogen (secondary N) is 2. The Hall–Kier alpha value is -3.13. The maximum Gasteiger partial charge on any atom is 0.249 e. The van der Waals surface area contributed by atoms with Crippen molar-refractivity contribution >= 4 is 5.91 Å². The van der Waals surface area contributed by atoms with Crippen LogP contribution in [0.4, 0.5) is 4.39 Å². The van der Waals surface area contributed by atoms with Crippen molar-refractivity contribution in [2.75, 3.05) is 26.2 Å². The zero-order chi connectivity index (χ0) is 24.1. The van der Waals surface area contributed by atoms with Crippen molar-refractivity contribution in [3.05, 3.63) is 76.4 Å². The van der Waals surface area contributed by atoms with Crippen LogP contribution < -0.4 is 5.32 Å². The first kappa shape index (κ1) is 24.0. The van der Waals surface area contributed by atoms with Crippen LogP contribution in [0.2, 0.25) is 0 Å². The van der Waals surface area contributed by atoms with Crippen molar-refractivity contribution in [2.45, 2.75) is 51.4 Å². The highest BCUT2D eigenvalue weighted by Gasteiger charge is 2.44. The van der Waals surface area contributed by atoms with E-state index < -0.39 is 5.41 Å². The van der Waals surface area contributed by atoms with Gasteiger partial charge in [0.05, 0.1) is 5.41 Å². The normalized spacial score (nSPS) is 20.9. The Morgan fingerprint density at radius 1 is 1.32 bits per heavy atom. The lowest BCUT2D eigenvalue weighted by molar-refractivity contribution is -0.126. The summed E-state index contributed by atoms with van der Waals surface area (Å²) in [4.78, 5) is 15.0. The first-order valence-corrected chi connectivity index (χ1v) is 12.1. The predicted octanol–water partition coefficient (Wildman–Crippen LogP) is 3.62. The van der Waals surface area contributed by atoms with Crippen LogP contribution in [0.1, 0.15) is 56.5 Å². The Kier molecular flexibility index (Phi) is 7.36. The van der Waals surface area contributed by atoms with E-state index in [4.69, 9.17) is 0 Å². The molecule has 2 heterocycles. The molecule has 2 N–H and O–H groups in total. The number of allylic oxidation sites excluding steroid dienone is 4. The molecule has 0 saturated carbocycles. The standard InChI is InChI=1S/C26H33FN6O/c1-4-22-19(16-18(3)24(34)33-14-6-7-15-33)8-9-20-17-21(27)10-11-23(20)26(22,12-13-28-5-2)25-29-31-32-30-25/h4,10-11,16-17,28H,1,5-9,12-15H2,2-3H3,(H,29,30,31,32)/b18-16+. The van der Waals surface area contributed by atoms with Crippen molar-refractivity contribution in [2.24, 2.45) is 0 Å². The monoisotopic (exact) mass is 464 g/mol. The van der Waals surface area contributed by atoms with Gasteiger partial charge in [0.15, 0.2) is 5.82 Å². The molecule has 0 spiro atoms. The fourth-order valence-corrected chi connectivity index (χ4v) is 5.37. The number of fused-ring (bicyclic) bond motifs is 1. The highest BCUT2D eigenvalue weighted by molar-refractivity contribution is 5.93. The topological polar surface area (TPSA) is 86.8 Å². The molecular formula is C26H33FN6O. The summed E-state index contributed by atoms with van der Waals surface area (Å²) in [5.41, 5.74) is 3.72. The van der Waals surface area contributed by atoms with Crippen LogP contribution in [0.5, 0.6) is 0 Å². The number of aromatic amines is 1. The highest BCUT2D eigenvalue weighted by Crippen LogP contribution is 2.47. The average molecular weight is 465 g/mol. The van der Waals surface area contributed by atoms with E-state index in [0.29, 0.717) is 37.2 Å². The van der Waals surface area contributed by atoms with Gasteiger partial charge in [-0.15, -0.1) is 10.2 Å². The van der Waals surface area contributed by atoms with E-state index in [1.807, 2.05) is 30.0 Å². The molecule has 34 heavy (non-hydrogen) atoms. The van der Waals surface area contributed by atoms with E-state index >= 15 is 0 Å². The van der Waals surface area contributed by atoms with Gasteiger partial charge in [0, 0.05) is 18.7 Å². The number of likely N-dealkylation sites (tertiary alicyclic amines) is 1. The van der Waals surface area contributed by atoms with Gasteiger partial charge in [-0.2, -0.15) is 5.21 Å². The van der Waals surface area contributed by atoms with E-state index in [2.05, 4.69) is 39.4 Å². The van der Waals surface area contributed by atoms with Crippen LogP contribution >= 0.6 is 0 Å². The van der Waals surface area contributed by atoms with Gasteiger partial charge >= 0.3 is 0 Å². The molecule has 8 heteroatoms. The van der Waals surface area contributed by atoms with Gasteiger partial charge in [-0.05, 0) is 86.5 Å². The molecule has 0 radical (unpaired) electrons. The van der Waals surface area contributed by atoms with Crippen LogP contribution in [0, 0.1) is 5.82 Å². The zero-order valence-corrected chi connectivity index (χ0v) is 20.0. The molecule has 1 aliphatic carbocycles. The third-order valence-electron chi connectivity index (χ3n) is 6.98. The first-order chi connectivity index (χ1) is 16.5. The Morgan fingerprint density at radius 3 is 2.79 bits per heavy atom. The third kappa shape index (κ3) is 4.46. The number of H-pyrrole nitrogens is 1. The number of rotatable bonds is 8. The molecule has 0 bridgehead atoms. The minimum atomic E-state index is -0.779. The van der Waals surface area contributed by atoms with Gasteiger partial charge in [-0.3, -0.25) is 4.79 Å². The van der Waals surface area contributed by atoms with E-state index in [1.54, 1.807) is 6.07 Å². The average Bonchev–Trinajstić information content (AvgIpc) is 3.54. The van der Waals surface area contributed by atoms with Gasteiger partial charge in [-0.25, -0.2) is 4.39 Å². The number of hydrogen-bond acceptors (Lipinski definition) is 5.